The van der Waals surface area contributed by atoms with Gasteiger partial charge in [0.05, 0.1) is 27.0 Å². The Hall–Kier alpha value is -3.16. The van der Waals surface area contributed by atoms with Gasteiger partial charge in [-0.05, 0) is 36.9 Å². The molecule has 2 aromatic carbocycles. The number of carbonyl (C=O) groups excluding carboxylic acids is 2. The molecule has 5 N–H and O–H groups in total. The Kier molecular flexibility index (Phi) is 9.05. The fourth-order valence-electron chi connectivity index (χ4n) is 2.57. The highest BCUT2D eigenvalue weighted by Crippen LogP contribution is 2.30. The van der Waals surface area contributed by atoms with Crippen molar-refractivity contribution in [3.05, 3.63) is 83.3 Å². The average Bonchev–Trinajstić information content (AvgIpc) is 2.73. The van der Waals surface area contributed by atoms with Crippen LogP contribution in [0.2, 0.25) is 10.0 Å². The lowest BCUT2D eigenvalue weighted by atomic mass is 10.1. The maximum atomic E-state index is 12.6. The van der Waals surface area contributed by atoms with Crippen molar-refractivity contribution in [1.29, 1.82) is 0 Å². The molecule has 2 rings (SSSR count). The molecule has 0 aliphatic carbocycles. The summed E-state index contributed by atoms with van der Waals surface area (Å²) in [6.45, 7) is 4.78. The molecule has 0 fully saturated rings. The lowest BCUT2D eigenvalue weighted by molar-refractivity contribution is 0.0953. The van der Waals surface area contributed by atoms with Crippen molar-refractivity contribution in [3.8, 4) is 0 Å². The largest absolute Gasteiger partial charge is 0.403 e. The molecule has 2 aromatic rings. The molecule has 7 nitrogen and oxygen atoms in total. The number of urea groups is 1. The van der Waals surface area contributed by atoms with E-state index in [1.807, 2.05) is 4.90 Å². The van der Waals surface area contributed by atoms with Crippen molar-refractivity contribution in [2.45, 2.75) is 6.42 Å². The SMILES string of the molecule is C=CN(/C=C\N)CCCNC(=O)c1ccccc1NC(=O)Nc1c(Cl)cccc1Cl. The minimum absolute atomic E-state index is 0.290. The van der Waals surface area contributed by atoms with Gasteiger partial charge in [-0.3, -0.25) is 4.79 Å². The van der Waals surface area contributed by atoms with E-state index in [-0.39, 0.29) is 5.91 Å². The van der Waals surface area contributed by atoms with Gasteiger partial charge in [0.25, 0.3) is 5.91 Å². The predicted molar refractivity (Wildman–Crippen MR) is 123 cm³/mol. The summed E-state index contributed by atoms with van der Waals surface area (Å²) in [7, 11) is 0. The number of nitrogens with two attached hydrogens (primary N) is 1. The van der Waals surface area contributed by atoms with Crippen molar-refractivity contribution in [2.75, 3.05) is 23.7 Å². The fraction of sp³-hybridized carbons (Fsp3) is 0.143. The summed E-state index contributed by atoms with van der Waals surface area (Å²) in [4.78, 5) is 26.8. The Morgan fingerprint density at radius 3 is 2.43 bits per heavy atom. The summed E-state index contributed by atoms with van der Waals surface area (Å²) in [5, 5.41) is 8.70. The first-order chi connectivity index (χ1) is 14.5. The molecule has 30 heavy (non-hydrogen) atoms. The van der Waals surface area contributed by atoms with Gasteiger partial charge in [-0.1, -0.05) is 48.0 Å². The number of rotatable bonds is 9. The minimum Gasteiger partial charge on any atom is -0.403 e. The van der Waals surface area contributed by atoms with Gasteiger partial charge >= 0.3 is 6.03 Å². The number of carbonyl (C=O) groups is 2. The van der Waals surface area contributed by atoms with Crippen LogP contribution in [0.4, 0.5) is 16.2 Å². The highest BCUT2D eigenvalue weighted by molar-refractivity contribution is 6.39. The van der Waals surface area contributed by atoms with Crippen LogP contribution in [0.3, 0.4) is 0 Å². The summed E-state index contributed by atoms with van der Waals surface area (Å²) in [6.07, 6.45) is 5.44. The number of anilines is 2. The molecule has 3 amide bonds. The third-order valence-corrected chi connectivity index (χ3v) is 4.64. The van der Waals surface area contributed by atoms with Gasteiger partial charge in [-0.15, -0.1) is 0 Å². The molecule has 0 radical (unpaired) electrons. The lowest BCUT2D eigenvalue weighted by Crippen LogP contribution is -2.28. The molecule has 0 aromatic heterocycles. The van der Waals surface area contributed by atoms with Crippen LogP contribution in [-0.4, -0.2) is 29.9 Å². The van der Waals surface area contributed by atoms with Crippen LogP contribution >= 0.6 is 23.2 Å². The monoisotopic (exact) mass is 447 g/mol. The van der Waals surface area contributed by atoms with E-state index in [4.69, 9.17) is 28.9 Å². The zero-order valence-corrected chi connectivity index (χ0v) is 17.7. The molecule has 9 heteroatoms. The van der Waals surface area contributed by atoms with Gasteiger partial charge in [0.15, 0.2) is 0 Å². The van der Waals surface area contributed by atoms with Gasteiger partial charge in [0.2, 0.25) is 0 Å². The summed E-state index contributed by atoms with van der Waals surface area (Å²) >= 11 is 12.1. The van der Waals surface area contributed by atoms with Crippen LogP contribution in [0.5, 0.6) is 0 Å². The molecule has 0 saturated heterocycles. The zero-order valence-electron chi connectivity index (χ0n) is 16.2. The quantitative estimate of drug-likeness (QED) is 0.420. The van der Waals surface area contributed by atoms with Crippen LogP contribution in [0.25, 0.3) is 0 Å². The topological polar surface area (TPSA) is 99.5 Å². The second-order valence-electron chi connectivity index (χ2n) is 6.09. The number of benzene rings is 2. The predicted octanol–water partition coefficient (Wildman–Crippen LogP) is 4.63. The van der Waals surface area contributed by atoms with Crippen molar-refractivity contribution < 1.29 is 9.59 Å². The Morgan fingerprint density at radius 1 is 1.07 bits per heavy atom. The molecule has 0 heterocycles. The Balaban J connectivity index is 1.97. The van der Waals surface area contributed by atoms with E-state index in [2.05, 4.69) is 22.5 Å². The zero-order chi connectivity index (χ0) is 21.9. The van der Waals surface area contributed by atoms with Crippen molar-refractivity contribution in [3.63, 3.8) is 0 Å². The Morgan fingerprint density at radius 2 is 1.77 bits per heavy atom. The van der Waals surface area contributed by atoms with Crippen LogP contribution in [0, 0.1) is 0 Å². The van der Waals surface area contributed by atoms with E-state index < -0.39 is 6.03 Å². The number of amides is 3. The molecule has 0 unspecified atom stereocenters. The standard InChI is InChI=1S/C21H23Cl2N5O2/c1-2-28(14-11-24)13-6-12-25-20(29)15-7-3-4-10-18(15)26-21(30)27-19-16(22)8-5-9-17(19)23/h2-5,7-11,14H,1,6,12-13,24H2,(H,25,29)(H2,26,27,30)/b14-11-. The number of hydrogen-bond donors (Lipinski definition) is 4. The van der Waals surface area contributed by atoms with Crippen molar-refractivity contribution >= 4 is 46.5 Å². The third kappa shape index (κ3) is 6.72. The molecule has 158 valence electrons. The van der Waals surface area contributed by atoms with E-state index in [0.717, 1.165) is 0 Å². The van der Waals surface area contributed by atoms with Crippen LogP contribution in [-0.2, 0) is 0 Å². The maximum Gasteiger partial charge on any atom is 0.323 e. The van der Waals surface area contributed by atoms with Crippen molar-refractivity contribution in [2.24, 2.45) is 5.73 Å². The number of halogens is 2. The Bertz CT molecular complexity index is 913. The number of hydrogen-bond acceptors (Lipinski definition) is 4. The van der Waals surface area contributed by atoms with E-state index in [0.29, 0.717) is 46.5 Å². The first-order valence-corrected chi connectivity index (χ1v) is 9.87. The molecule has 0 bridgehead atoms. The van der Waals surface area contributed by atoms with Crippen LogP contribution in [0.15, 0.2) is 67.6 Å². The van der Waals surface area contributed by atoms with Gasteiger partial charge in [-0.2, -0.15) is 0 Å². The van der Waals surface area contributed by atoms with Gasteiger partial charge in [0.1, 0.15) is 0 Å². The second kappa shape index (κ2) is 11.7. The number of para-hydroxylation sites is 2. The van der Waals surface area contributed by atoms with Gasteiger partial charge in [-0.25, -0.2) is 4.79 Å². The van der Waals surface area contributed by atoms with Gasteiger partial charge in [0, 0.05) is 25.5 Å². The first kappa shape index (κ1) is 23.1. The first-order valence-electron chi connectivity index (χ1n) is 9.12. The van der Waals surface area contributed by atoms with Crippen molar-refractivity contribution in [1.82, 2.24) is 10.2 Å². The van der Waals surface area contributed by atoms with E-state index in [9.17, 15) is 9.59 Å². The molecule has 0 atom stereocenters. The summed E-state index contributed by atoms with van der Waals surface area (Å²) in [5.74, 6) is -0.304. The number of nitrogens with one attached hydrogen (secondary N) is 3. The molecule has 0 saturated carbocycles. The van der Waals surface area contributed by atoms with Crippen LogP contribution in [0.1, 0.15) is 16.8 Å². The van der Waals surface area contributed by atoms with Gasteiger partial charge < -0.3 is 26.6 Å². The summed E-state index contributed by atoms with van der Waals surface area (Å²) < 4.78 is 0. The summed E-state index contributed by atoms with van der Waals surface area (Å²) in [6, 6.07) is 11.0. The lowest BCUT2D eigenvalue weighted by Gasteiger charge is -2.15. The minimum atomic E-state index is -0.569. The Labute approximate surface area is 185 Å². The van der Waals surface area contributed by atoms with E-state index in [1.165, 1.54) is 6.20 Å². The molecular formula is C21H23Cl2N5O2. The third-order valence-electron chi connectivity index (χ3n) is 4.01. The average molecular weight is 448 g/mol. The number of nitrogens with zero attached hydrogens (tertiary/aromatic N) is 1. The molecular weight excluding hydrogens is 425 g/mol. The smallest absolute Gasteiger partial charge is 0.323 e. The highest BCUT2D eigenvalue weighted by atomic mass is 35.5. The van der Waals surface area contributed by atoms with E-state index >= 15 is 0 Å². The normalized spacial score (nSPS) is 10.5. The van der Waals surface area contributed by atoms with E-state index in [1.54, 1.807) is 54.9 Å². The molecule has 0 aliphatic heterocycles. The second-order valence-corrected chi connectivity index (χ2v) is 6.91. The maximum absolute atomic E-state index is 12.6. The highest BCUT2D eigenvalue weighted by Gasteiger charge is 2.14. The fourth-order valence-corrected chi connectivity index (χ4v) is 3.06. The van der Waals surface area contributed by atoms with Crippen LogP contribution < -0.4 is 21.7 Å². The summed E-state index contributed by atoms with van der Waals surface area (Å²) in [5.41, 5.74) is 6.34. The molecule has 0 aliphatic rings. The molecule has 0 spiro atoms.